The molecule has 1 aromatic carbocycles. The summed E-state index contributed by atoms with van der Waals surface area (Å²) in [5.74, 6) is 1.18. The summed E-state index contributed by atoms with van der Waals surface area (Å²) in [6.45, 7) is 6.19. The zero-order chi connectivity index (χ0) is 14.5. The zero-order valence-corrected chi connectivity index (χ0v) is 12.3. The lowest BCUT2D eigenvalue weighted by atomic mass is 9.92. The van der Waals surface area contributed by atoms with Crippen LogP contribution in [-0.4, -0.2) is 20.2 Å². The maximum atomic E-state index is 11.7. The Morgan fingerprint density at radius 1 is 1.16 bits per heavy atom. The number of hydrogen-bond acceptors (Lipinski definition) is 4. The minimum atomic E-state index is -0.211. The summed E-state index contributed by atoms with van der Waals surface area (Å²) in [5, 5.41) is 0. The van der Waals surface area contributed by atoms with Crippen molar-refractivity contribution in [1.82, 2.24) is 0 Å². The molecule has 1 aromatic rings. The molecule has 0 spiro atoms. The molecule has 0 fully saturated rings. The van der Waals surface area contributed by atoms with E-state index in [1.807, 2.05) is 26.8 Å². The second-order valence-corrected chi connectivity index (χ2v) is 5.58. The lowest BCUT2D eigenvalue weighted by Crippen LogP contribution is -2.15. The molecule has 0 amide bonds. The molecule has 4 heteroatoms. The average molecular weight is 266 g/mol. The summed E-state index contributed by atoms with van der Waals surface area (Å²) in [6.07, 6.45) is 0.388. The molecular weight excluding hydrogens is 244 g/mol. The van der Waals surface area contributed by atoms with Crippen molar-refractivity contribution in [2.45, 2.75) is 33.8 Å². The van der Waals surface area contributed by atoms with Crippen LogP contribution < -0.4 is 9.47 Å². The van der Waals surface area contributed by atoms with Gasteiger partial charge in [-0.1, -0.05) is 20.8 Å². The van der Waals surface area contributed by atoms with Crippen molar-refractivity contribution in [3.63, 3.8) is 0 Å². The molecule has 0 aliphatic rings. The van der Waals surface area contributed by atoms with E-state index in [2.05, 4.69) is 0 Å². The Morgan fingerprint density at radius 3 is 2.37 bits per heavy atom. The van der Waals surface area contributed by atoms with Gasteiger partial charge in [0.15, 0.2) is 0 Å². The van der Waals surface area contributed by atoms with Crippen molar-refractivity contribution in [2.75, 3.05) is 14.2 Å². The summed E-state index contributed by atoms with van der Waals surface area (Å²) >= 11 is 0. The van der Waals surface area contributed by atoms with E-state index >= 15 is 0 Å². The van der Waals surface area contributed by atoms with Gasteiger partial charge in [-0.25, -0.2) is 0 Å². The molecule has 106 valence electrons. The molecule has 0 aromatic heterocycles. The van der Waals surface area contributed by atoms with Crippen molar-refractivity contribution in [2.24, 2.45) is 5.41 Å². The SMILES string of the molecule is COc1ccc(OC)c(COC(=O)CC(C)(C)C)c1. The minimum absolute atomic E-state index is 0.0739. The second-order valence-electron chi connectivity index (χ2n) is 5.58. The monoisotopic (exact) mass is 266 g/mol. The van der Waals surface area contributed by atoms with Gasteiger partial charge in [-0.05, 0) is 23.6 Å². The highest BCUT2D eigenvalue weighted by atomic mass is 16.5. The van der Waals surface area contributed by atoms with Crippen LogP contribution in [-0.2, 0) is 16.1 Å². The quantitative estimate of drug-likeness (QED) is 0.768. The van der Waals surface area contributed by atoms with Gasteiger partial charge in [0.1, 0.15) is 18.1 Å². The number of esters is 1. The van der Waals surface area contributed by atoms with Crippen molar-refractivity contribution < 1.29 is 19.0 Å². The van der Waals surface area contributed by atoms with E-state index in [4.69, 9.17) is 14.2 Å². The van der Waals surface area contributed by atoms with Crippen LogP contribution in [0.1, 0.15) is 32.8 Å². The summed E-state index contributed by atoms with van der Waals surface area (Å²) in [4.78, 5) is 11.7. The summed E-state index contributed by atoms with van der Waals surface area (Å²) in [6, 6.07) is 5.41. The van der Waals surface area contributed by atoms with Crippen LogP contribution in [0.25, 0.3) is 0 Å². The molecule has 0 aliphatic heterocycles. The molecule has 0 heterocycles. The average Bonchev–Trinajstić information content (AvgIpc) is 2.33. The van der Waals surface area contributed by atoms with Gasteiger partial charge >= 0.3 is 5.97 Å². The van der Waals surface area contributed by atoms with Crippen LogP contribution in [0.15, 0.2) is 18.2 Å². The fourth-order valence-electron chi connectivity index (χ4n) is 1.64. The van der Waals surface area contributed by atoms with Gasteiger partial charge in [0, 0.05) is 5.56 Å². The highest BCUT2D eigenvalue weighted by molar-refractivity contribution is 5.70. The molecular formula is C15H22O4. The number of methoxy groups -OCH3 is 2. The summed E-state index contributed by atoms with van der Waals surface area (Å²) in [5.41, 5.74) is 0.722. The molecule has 1 rings (SSSR count). The highest BCUT2D eigenvalue weighted by Crippen LogP contribution is 2.25. The Balaban J connectivity index is 2.68. The van der Waals surface area contributed by atoms with Crippen LogP contribution in [0.2, 0.25) is 0 Å². The van der Waals surface area contributed by atoms with Crippen LogP contribution in [0.3, 0.4) is 0 Å². The van der Waals surface area contributed by atoms with Crippen molar-refractivity contribution in [1.29, 1.82) is 0 Å². The number of carbonyl (C=O) groups is 1. The number of ether oxygens (including phenoxy) is 3. The van der Waals surface area contributed by atoms with Crippen LogP contribution >= 0.6 is 0 Å². The third-order valence-electron chi connectivity index (χ3n) is 2.55. The van der Waals surface area contributed by atoms with Crippen LogP contribution in [0, 0.1) is 5.41 Å². The Morgan fingerprint density at radius 2 is 1.84 bits per heavy atom. The maximum Gasteiger partial charge on any atom is 0.306 e. The first-order chi connectivity index (χ1) is 8.85. The molecule has 0 aliphatic carbocycles. The Kier molecular flexibility index (Phi) is 5.21. The van der Waals surface area contributed by atoms with Crippen molar-refractivity contribution in [3.8, 4) is 11.5 Å². The minimum Gasteiger partial charge on any atom is -0.497 e. The molecule has 0 N–H and O–H groups in total. The van der Waals surface area contributed by atoms with E-state index < -0.39 is 0 Å². The lowest BCUT2D eigenvalue weighted by molar-refractivity contribution is -0.147. The standard InChI is InChI=1S/C15H22O4/c1-15(2,3)9-14(16)19-10-11-8-12(17-4)6-7-13(11)18-5/h6-8H,9-10H2,1-5H3. The first kappa shape index (κ1) is 15.3. The third kappa shape index (κ3) is 5.20. The van der Waals surface area contributed by atoms with E-state index in [0.29, 0.717) is 17.9 Å². The predicted molar refractivity (Wildman–Crippen MR) is 73.4 cm³/mol. The first-order valence-electron chi connectivity index (χ1n) is 6.22. The van der Waals surface area contributed by atoms with Crippen LogP contribution in [0.4, 0.5) is 0 Å². The summed E-state index contributed by atoms with van der Waals surface area (Å²) in [7, 11) is 3.18. The van der Waals surface area contributed by atoms with Crippen molar-refractivity contribution >= 4 is 5.97 Å². The van der Waals surface area contributed by atoms with Gasteiger partial charge in [-0.2, -0.15) is 0 Å². The van der Waals surface area contributed by atoms with Gasteiger partial charge in [-0.3, -0.25) is 4.79 Å². The number of hydrogen-bond donors (Lipinski definition) is 0. The second kappa shape index (κ2) is 6.45. The van der Waals surface area contributed by atoms with Gasteiger partial charge in [0.05, 0.1) is 20.6 Å². The first-order valence-corrected chi connectivity index (χ1v) is 6.22. The van der Waals surface area contributed by atoms with Gasteiger partial charge < -0.3 is 14.2 Å². The highest BCUT2D eigenvalue weighted by Gasteiger charge is 2.17. The topological polar surface area (TPSA) is 44.8 Å². The Bertz CT molecular complexity index is 432. The molecule has 0 bridgehead atoms. The van der Waals surface area contributed by atoms with Crippen molar-refractivity contribution in [3.05, 3.63) is 23.8 Å². The summed E-state index contributed by atoms with van der Waals surface area (Å²) < 4.78 is 15.6. The smallest absolute Gasteiger partial charge is 0.306 e. The fraction of sp³-hybridized carbons (Fsp3) is 0.533. The zero-order valence-electron chi connectivity index (χ0n) is 12.3. The normalized spacial score (nSPS) is 11.0. The Hall–Kier alpha value is -1.71. The Labute approximate surface area is 114 Å². The van der Waals surface area contributed by atoms with E-state index in [1.165, 1.54) is 0 Å². The van der Waals surface area contributed by atoms with Crippen LogP contribution in [0.5, 0.6) is 11.5 Å². The molecule has 0 saturated heterocycles. The van der Waals surface area contributed by atoms with E-state index in [1.54, 1.807) is 26.4 Å². The van der Waals surface area contributed by atoms with E-state index in [0.717, 1.165) is 5.56 Å². The number of carbonyl (C=O) groups excluding carboxylic acids is 1. The molecule has 4 nitrogen and oxygen atoms in total. The molecule has 0 atom stereocenters. The number of benzene rings is 1. The maximum absolute atomic E-state index is 11.7. The number of rotatable bonds is 5. The molecule has 0 unspecified atom stereocenters. The van der Waals surface area contributed by atoms with E-state index in [-0.39, 0.29) is 18.0 Å². The van der Waals surface area contributed by atoms with Gasteiger partial charge in [0.25, 0.3) is 0 Å². The predicted octanol–water partition coefficient (Wildman–Crippen LogP) is 3.18. The van der Waals surface area contributed by atoms with E-state index in [9.17, 15) is 4.79 Å². The fourth-order valence-corrected chi connectivity index (χ4v) is 1.64. The largest absolute Gasteiger partial charge is 0.497 e. The third-order valence-corrected chi connectivity index (χ3v) is 2.55. The van der Waals surface area contributed by atoms with Gasteiger partial charge in [0.2, 0.25) is 0 Å². The molecule has 0 radical (unpaired) electrons. The molecule has 0 saturated carbocycles. The van der Waals surface area contributed by atoms with Gasteiger partial charge in [-0.15, -0.1) is 0 Å². The lowest BCUT2D eigenvalue weighted by Gasteiger charge is -2.17. The molecule has 19 heavy (non-hydrogen) atoms.